The summed E-state index contributed by atoms with van der Waals surface area (Å²) < 4.78 is 1.65. The van der Waals surface area contributed by atoms with Gasteiger partial charge in [0.05, 0.1) is 6.10 Å². The molecular formula is C14H25N3O2. The van der Waals surface area contributed by atoms with Crippen molar-refractivity contribution < 1.29 is 5.11 Å². The van der Waals surface area contributed by atoms with Crippen molar-refractivity contribution in [2.45, 2.75) is 46.8 Å². The van der Waals surface area contributed by atoms with Gasteiger partial charge >= 0.3 is 0 Å². The van der Waals surface area contributed by atoms with Gasteiger partial charge in [0, 0.05) is 25.5 Å². The monoisotopic (exact) mass is 267 g/mol. The Balaban J connectivity index is 2.66. The summed E-state index contributed by atoms with van der Waals surface area (Å²) in [6.45, 7) is 9.26. The lowest BCUT2D eigenvalue weighted by Crippen LogP contribution is -2.29. The Morgan fingerprint density at radius 1 is 1.32 bits per heavy atom. The Labute approximate surface area is 114 Å². The summed E-state index contributed by atoms with van der Waals surface area (Å²) in [6.07, 6.45) is 3.55. The number of anilines is 1. The number of aromatic nitrogens is 2. The molecule has 2 N–H and O–H groups in total. The van der Waals surface area contributed by atoms with Crippen LogP contribution < -0.4 is 10.9 Å². The average Bonchev–Trinajstić information content (AvgIpc) is 2.29. The van der Waals surface area contributed by atoms with Gasteiger partial charge in [-0.05, 0) is 18.3 Å². The van der Waals surface area contributed by atoms with Crippen molar-refractivity contribution in [3.05, 3.63) is 22.7 Å². The summed E-state index contributed by atoms with van der Waals surface area (Å²) in [5, 5.41) is 12.7. The van der Waals surface area contributed by atoms with E-state index in [-0.39, 0.29) is 5.56 Å². The first-order valence-electron chi connectivity index (χ1n) is 6.87. The number of nitrogens with zero attached hydrogens (tertiary/aromatic N) is 2. The van der Waals surface area contributed by atoms with Gasteiger partial charge in [0.15, 0.2) is 5.82 Å². The maximum absolute atomic E-state index is 12.1. The van der Waals surface area contributed by atoms with E-state index in [1.165, 1.54) is 0 Å². The van der Waals surface area contributed by atoms with Crippen molar-refractivity contribution in [1.29, 1.82) is 0 Å². The van der Waals surface area contributed by atoms with Crippen LogP contribution >= 0.6 is 0 Å². The van der Waals surface area contributed by atoms with Crippen LogP contribution in [0.2, 0.25) is 0 Å². The highest BCUT2D eigenvalue weighted by Crippen LogP contribution is 2.05. The molecule has 5 nitrogen and oxygen atoms in total. The zero-order valence-electron chi connectivity index (χ0n) is 12.3. The Bertz CT molecular complexity index is 441. The van der Waals surface area contributed by atoms with Gasteiger partial charge in [-0.25, -0.2) is 4.98 Å². The molecule has 1 heterocycles. The molecule has 0 aliphatic rings. The van der Waals surface area contributed by atoms with Gasteiger partial charge in [-0.15, -0.1) is 0 Å². The summed E-state index contributed by atoms with van der Waals surface area (Å²) in [7, 11) is 0. The first kappa shape index (κ1) is 15.7. The summed E-state index contributed by atoms with van der Waals surface area (Å²) >= 11 is 0. The van der Waals surface area contributed by atoms with E-state index in [4.69, 9.17) is 0 Å². The average molecular weight is 267 g/mol. The molecule has 0 saturated heterocycles. The zero-order valence-corrected chi connectivity index (χ0v) is 12.3. The quantitative estimate of drug-likeness (QED) is 0.789. The van der Waals surface area contributed by atoms with Crippen molar-refractivity contribution in [2.24, 2.45) is 11.8 Å². The molecule has 1 aromatic heterocycles. The zero-order chi connectivity index (χ0) is 14.4. The van der Waals surface area contributed by atoms with Crippen LogP contribution in [0.15, 0.2) is 17.2 Å². The van der Waals surface area contributed by atoms with Crippen molar-refractivity contribution in [3.8, 4) is 0 Å². The lowest BCUT2D eigenvalue weighted by Gasteiger charge is -2.15. The predicted molar refractivity (Wildman–Crippen MR) is 77.3 cm³/mol. The van der Waals surface area contributed by atoms with Gasteiger partial charge in [0.25, 0.3) is 5.56 Å². The third-order valence-corrected chi connectivity index (χ3v) is 2.72. The number of aliphatic hydroxyl groups excluding tert-OH is 1. The molecular weight excluding hydrogens is 242 g/mol. The van der Waals surface area contributed by atoms with Crippen LogP contribution in [-0.2, 0) is 6.54 Å². The molecule has 5 heteroatoms. The molecule has 1 unspecified atom stereocenters. The van der Waals surface area contributed by atoms with E-state index < -0.39 is 6.10 Å². The van der Waals surface area contributed by atoms with Gasteiger partial charge in [-0.3, -0.25) is 4.79 Å². The second-order valence-electron chi connectivity index (χ2n) is 5.79. The van der Waals surface area contributed by atoms with Crippen LogP contribution in [0.5, 0.6) is 0 Å². The van der Waals surface area contributed by atoms with E-state index in [0.717, 1.165) is 0 Å². The molecule has 0 spiro atoms. The molecule has 108 valence electrons. The summed E-state index contributed by atoms with van der Waals surface area (Å²) in [4.78, 5) is 16.1. The number of rotatable bonds is 7. The number of hydrogen-bond donors (Lipinski definition) is 2. The lowest BCUT2D eigenvalue weighted by atomic mass is 10.1. The molecule has 0 aromatic carbocycles. The maximum Gasteiger partial charge on any atom is 0.293 e. The third kappa shape index (κ3) is 5.42. The first-order valence-corrected chi connectivity index (χ1v) is 6.87. The molecule has 0 amide bonds. The number of aliphatic hydroxyl groups is 1. The van der Waals surface area contributed by atoms with E-state index >= 15 is 0 Å². The fourth-order valence-electron chi connectivity index (χ4n) is 1.95. The van der Waals surface area contributed by atoms with E-state index in [1.807, 2.05) is 0 Å². The van der Waals surface area contributed by atoms with Crippen molar-refractivity contribution in [2.75, 3.05) is 11.9 Å². The van der Waals surface area contributed by atoms with Crippen LogP contribution in [0.1, 0.15) is 34.1 Å². The smallest absolute Gasteiger partial charge is 0.293 e. The van der Waals surface area contributed by atoms with Crippen molar-refractivity contribution >= 4 is 5.82 Å². The minimum atomic E-state index is -0.458. The Morgan fingerprint density at radius 3 is 2.58 bits per heavy atom. The van der Waals surface area contributed by atoms with E-state index in [0.29, 0.717) is 37.2 Å². The number of nitrogens with one attached hydrogen (secondary N) is 1. The second kappa shape index (κ2) is 7.28. The van der Waals surface area contributed by atoms with E-state index in [1.54, 1.807) is 17.0 Å². The second-order valence-corrected chi connectivity index (χ2v) is 5.79. The third-order valence-electron chi connectivity index (χ3n) is 2.72. The molecule has 19 heavy (non-hydrogen) atoms. The normalized spacial score (nSPS) is 13.0. The fourth-order valence-corrected chi connectivity index (χ4v) is 1.95. The topological polar surface area (TPSA) is 67.2 Å². The maximum atomic E-state index is 12.1. The van der Waals surface area contributed by atoms with Gasteiger partial charge in [-0.1, -0.05) is 27.7 Å². The fraction of sp³-hybridized carbons (Fsp3) is 0.714. The minimum Gasteiger partial charge on any atom is -0.391 e. The van der Waals surface area contributed by atoms with Gasteiger partial charge < -0.3 is 15.0 Å². The van der Waals surface area contributed by atoms with Crippen LogP contribution in [0.3, 0.4) is 0 Å². The highest BCUT2D eigenvalue weighted by atomic mass is 16.3. The minimum absolute atomic E-state index is 0.132. The molecule has 1 atom stereocenters. The van der Waals surface area contributed by atoms with Crippen LogP contribution in [0.25, 0.3) is 0 Å². The lowest BCUT2D eigenvalue weighted by molar-refractivity contribution is 0.161. The van der Waals surface area contributed by atoms with Crippen molar-refractivity contribution in [3.63, 3.8) is 0 Å². The molecule has 0 radical (unpaired) electrons. The summed E-state index contributed by atoms with van der Waals surface area (Å²) in [6, 6.07) is 0. The number of hydrogen-bond acceptors (Lipinski definition) is 4. The van der Waals surface area contributed by atoms with Crippen molar-refractivity contribution in [1.82, 2.24) is 9.55 Å². The Hall–Kier alpha value is -1.36. The Kier molecular flexibility index (Phi) is 6.02. The molecule has 0 fully saturated rings. The van der Waals surface area contributed by atoms with Crippen LogP contribution in [0, 0.1) is 11.8 Å². The standard InChI is InChI=1S/C14H25N3O2/c1-10(2)7-12(18)8-16-13-14(19)17(6-5-15-13)9-11(3)4/h5-6,10-12,18H,7-9H2,1-4H3,(H,15,16). The van der Waals surface area contributed by atoms with Gasteiger partial charge in [0.1, 0.15) is 0 Å². The van der Waals surface area contributed by atoms with E-state index in [9.17, 15) is 9.90 Å². The Morgan fingerprint density at radius 2 is 2.00 bits per heavy atom. The van der Waals surface area contributed by atoms with Gasteiger partial charge in [0.2, 0.25) is 0 Å². The largest absolute Gasteiger partial charge is 0.391 e. The first-order chi connectivity index (χ1) is 8.90. The molecule has 1 aromatic rings. The predicted octanol–water partition coefficient (Wildman–Crippen LogP) is 1.72. The summed E-state index contributed by atoms with van der Waals surface area (Å²) in [5.41, 5.74) is -0.132. The SMILES string of the molecule is CC(C)CC(O)CNc1nccn(CC(C)C)c1=O. The molecule has 0 bridgehead atoms. The highest BCUT2D eigenvalue weighted by molar-refractivity contribution is 5.30. The molecule has 0 aliphatic heterocycles. The van der Waals surface area contributed by atoms with Crippen LogP contribution in [-0.4, -0.2) is 27.3 Å². The molecule has 0 aliphatic carbocycles. The molecule has 1 rings (SSSR count). The van der Waals surface area contributed by atoms with Gasteiger partial charge in [-0.2, -0.15) is 0 Å². The van der Waals surface area contributed by atoms with Crippen LogP contribution in [0.4, 0.5) is 5.82 Å². The van der Waals surface area contributed by atoms with E-state index in [2.05, 4.69) is 38.0 Å². The molecule has 0 saturated carbocycles. The highest BCUT2D eigenvalue weighted by Gasteiger charge is 2.10. The summed E-state index contributed by atoms with van der Waals surface area (Å²) in [5.74, 6) is 1.14.